The Morgan fingerprint density at radius 3 is 2.05 bits per heavy atom. The molecule has 0 aliphatic heterocycles. The van der Waals surface area contributed by atoms with Gasteiger partial charge in [0, 0.05) is 23.4 Å². The van der Waals surface area contributed by atoms with Gasteiger partial charge in [-0.3, -0.25) is 4.98 Å². The number of nitrogens with zero attached hydrogens (tertiary/aromatic N) is 1. The molecule has 0 spiro atoms. The third-order valence-corrected chi connectivity index (χ3v) is 4.04. The molecule has 0 aliphatic carbocycles. The second-order valence-electron chi connectivity index (χ2n) is 5.86. The summed E-state index contributed by atoms with van der Waals surface area (Å²) < 4.78 is 25.2. The number of halogens is 2. The van der Waals surface area contributed by atoms with Crippen molar-refractivity contribution < 1.29 is 8.78 Å². The molecule has 1 aromatic heterocycles. The predicted molar refractivity (Wildman–Crippen MR) is 84.8 cm³/mol. The molecule has 120 valence electrons. The molecule has 0 N–H and O–H groups in total. The zero-order chi connectivity index (χ0) is 15.5. The van der Waals surface area contributed by atoms with Gasteiger partial charge in [-0.1, -0.05) is 58.8 Å². The topological polar surface area (TPSA) is 12.9 Å². The summed E-state index contributed by atoms with van der Waals surface area (Å²) >= 11 is 0. The summed E-state index contributed by atoms with van der Waals surface area (Å²) in [5, 5.41) is 0. The number of hydrogen-bond acceptors (Lipinski definition) is 1. The van der Waals surface area contributed by atoms with E-state index in [1.54, 1.807) is 6.07 Å². The molecule has 0 aromatic carbocycles. The van der Waals surface area contributed by atoms with Crippen LogP contribution in [0.15, 0.2) is 18.3 Å². The van der Waals surface area contributed by atoms with Crippen molar-refractivity contribution in [1.82, 2.24) is 4.98 Å². The minimum absolute atomic E-state index is 0.0250. The molecule has 0 radical (unpaired) electrons. The minimum Gasteiger partial charge on any atom is -0.261 e. The molecule has 1 heterocycles. The maximum Gasteiger partial charge on any atom is 0.265 e. The van der Waals surface area contributed by atoms with Crippen molar-refractivity contribution in [3.05, 3.63) is 29.6 Å². The standard InChI is InChI=1S/C18H29F2N/c1-3-5-7-9-11-15(10-8-6-4-2)17-13-12-16(14-21-17)18(19)20/h12-15,18H,3-11H2,1-2H3. The third-order valence-electron chi connectivity index (χ3n) is 4.04. The first-order chi connectivity index (χ1) is 10.2. The lowest BCUT2D eigenvalue weighted by atomic mass is 9.91. The van der Waals surface area contributed by atoms with Gasteiger partial charge in [-0.15, -0.1) is 0 Å². The van der Waals surface area contributed by atoms with Crippen LogP contribution in [0.1, 0.15) is 95.2 Å². The number of alkyl halides is 2. The molecule has 1 unspecified atom stereocenters. The summed E-state index contributed by atoms with van der Waals surface area (Å²) in [5.41, 5.74) is 1.02. The summed E-state index contributed by atoms with van der Waals surface area (Å²) in [7, 11) is 0. The normalized spacial score (nSPS) is 12.8. The van der Waals surface area contributed by atoms with Crippen molar-refractivity contribution in [3.63, 3.8) is 0 Å². The summed E-state index contributed by atoms with van der Waals surface area (Å²) in [4.78, 5) is 4.30. The lowest BCUT2D eigenvalue weighted by Crippen LogP contribution is -2.03. The molecule has 21 heavy (non-hydrogen) atoms. The van der Waals surface area contributed by atoms with Crippen molar-refractivity contribution in [2.45, 2.75) is 84.0 Å². The van der Waals surface area contributed by atoms with Crippen molar-refractivity contribution in [2.24, 2.45) is 0 Å². The van der Waals surface area contributed by atoms with Gasteiger partial charge in [-0.25, -0.2) is 8.78 Å². The number of rotatable bonds is 11. The lowest BCUT2D eigenvalue weighted by molar-refractivity contribution is 0.151. The average molecular weight is 297 g/mol. The first-order valence-corrected chi connectivity index (χ1v) is 8.43. The Kier molecular flexibility index (Phi) is 9.20. The highest BCUT2D eigenvalue weighted by Crippen LogP contribution is 2.28. The number of pyridine rings is 1. The van der Waals surface area contributed by atoms with E-state index in [1.807, 2.05) is 0 Å². The van der Waals surface area contributed by atoms with E-state index in [-0.39, 0.29) is 5.56 Å². The fraction of sp³-hybridized carbons (Fsp3) is 0.722. The Bertz CT molecular complexity index is 362. The molecule has 1 atom stereocenters. The Morgan fingerprint density at radius 1 is 0.905 bits per heavy atom. The van der Waals surface area contributed by atoms with Crippen LogP contribution in [0.5, 0.6) is 0 Å². The second-order valence-corrected chi connectivity index (χ2v) is 5.86. The number of unbranched alkanes of at least 4 members (excludes halogenated alkanes) is 5. The second kappa shape index (κ2) is 10.7. The van der Waals surface area contributed by atoms with E-state index in [0.717, 1.165) is 18.5 Å². The molecule has 1 aromatic rings. The summed E-state index contributed by atoms with van der Waals surface area (Å²) in [5.74, 6) is 0.431. The molecule has 0 saturated heterocycles. The van der Waals surface area contributed by atoms with E-state index >= 15 is 0 Å². The van der Waals surface area contributed by atoms with Gasteiger partial charge in [0.05, 0.1) is 0 Å². The van der Waals surface area contributed by atoms with E-state index in [4.69, 9.17) is 0 Å². The molecule has 0 aliphatic rings. The highest BCUT2D eigenvalue weighted by Gasteiger charge is 2.14. The van der Waals surface area contributed by atoms with Crippen molar-refractivity contribution >= 4 is 0 Å². The van der Waals surface area contributed by atoms with Crippen molar-refractivity contribution in [1.29, 1.82) is 0 Å². The van der Waals surface area contributed by atoms with Crippen LogP contribution in [0.2, 0.25) is 0 Å². The van der Waals surface area contributed by atoms with Gasteiger partial charge in [0.1, 0.15) is 0 Å². The van der Waals surface area contributed by atoms with Crippen LogP contribution in [-0.2, 0) is 0 Å². The summed E-state index contributed by atoms with van der Waals surface area (Å²) in [6.45, 7) is 4.41. The van der Waals surface area contributed by atoms with Crippen LogP contribution >= 0.6 is 0 Å². The van der Waals surface area contributed by atoms with Gasteiger partial charge in [0.25, 0.3) is 6.43 Å². The lowest BCUT2D eigenvalue weighted by Gasteiger charge is -2.16. The van der Waals surface area contributed by atoms with E-state index < -0.39 is 6.43 Å². The maximum absolute atomic E-state index is 12.6. The quantitative estimate of drug-likeness (QED) is 0.416. The smallest absolute Gasteiger partial charge is 0.261 e. The molecule has 0 fully saturated rings. The molecule has 3 heteroatoms. The van der Waals surface area contributed by atoms with Crippen LogP contribution in [0.3, 0.4) is 0 Å². The van der Waals surface area contributed by atoms with Gasteiger partial charge in [-0.05, 0) is 25.0 Å². The predicted octanol–water partition coefficient (Wildman–Crippen LogP) is 6.65. The van der Waals surface area contributed by atoms with Crippen LogP contribution in [0.25, 0.3) is 0 Å². The Morgan fingerprint density at radius 2 is 1.52 bits per heavy atom. The van der Waals surface area contributed by atoms with Crippen LogP contribution in [0.4, 0.5) is 8.78 Å². The molecule has 1 nitrogen and oxygen atoms in total. The molecule has 0 amide bonds. The number of aromatic nitrogens is 1. The minimum atomic E-state index is -2.42. The molecular weight excluding hydrogens is 268 g/mol. The molecule has 0 bridgehead atoms. The fourth-order valence-corrected chi connectivity index (χ4v) is 2.69. The Hall–Kier alpha value is -0.990. The van der Waals surface area contributed by atoms with E-state index in [1.165, 1.54) is 57.2 Å². The highest BCUT2D eigenvalue weighted by molar-refractivity contribution is 5.17. The van der Waals surface area contributed by atoms with Crippen molar-refractivity contribution in [2.75, 3.05) is 0 Å². The van der Waals surface area contributed by atoms with E-state index in [9.17, 15) is 8.78 Å². The van der Waals surface area contributed by atoms with Gasteiger partial charge < -0.3 is 0 Å². The Labute approximate surface area is 128 Å². The van der Waals surface area contributed by atoms with Gasteiger partial charge in [0.15, 0.2) is 0 Å². The van der Waals surface area contributed by atoms with Crippen LogP contribution in [-0.4, -0.2) is 4.98 Å². The Balaban J connectivity index is 2.60. The van der Waals surface area contributed by atoms with Crippen LogP contribution in [0, 0.1) is 0 Å². The monoisotopic (exact) mass is 297 g/mol. The van der Waals surface area contributed by atoms with Gasteiger partial charge in [0.2, 0.25) is 0 Å². The maximum atomic E-state index is 12.6. The van der Waals surface area contributed by atoms with Gasteiger partial charge >= 0.3 is 0 Å². The van der Waals surface area contributed by atoms with E-state index in [2.05, 4.69) is 18.8 Å². The molecule has 1 rings (SSSR count). The third kappa shape index (κ3) is 7.01. The summed E-state index contributed by atoms with van der Waals surface area (Å²) in [6, 6.07) is 3.34. The van der Waals surface area contributed by atoms with Crippen LogP contribution < -0.4 is 0 Å². The molecule has 0 saturated carbocycles. The first kappa shape index (κ1) is 18.1. The van der Waals surface area contributed by atoms with Crippen molar-refractivity contribution in [3.8, 4) is 0 Å². The largest absolute Gasteiger partial charge is 0.265 e. The van der Waals surface area contributed by atoms with E-state index in [0.29, 0.717) is 5.92 Å². The fourth-order valence-electron chi connectivity index (χ4n) is 2.69. The SMILES string of the molecule is CCCCCCC(CCCCC)c1ccc(C(F)F)cn1. The van der Waals surface area contributed by atoms with Gasteiger partial charge in [-0.2, -0.15) is 0 Å². The zero-order valence-electron chi connectivity index (χ0n) is 13.5. The highest BCUT2D eigenvalue weighted by atomic mass is 19.3. The zero-order valence-corrected chi connectivity index (χ0v) is 13.5. The summed E-state index contributed by atoms with van der Waals surface area (Å²) in [6.07, 6.45) is 9.81. The first-order valence-electron chi connectivity index (χ1n) is 8.43. The molecular formula is C18H29F2N. The average Bonchev–Trinajstić information content (AvgIpc) is 2.50. The number of hydrogen-bond donors (Lipinski definition) is 0.